The summed E-state index contributed by atoms with van der Waals surface area (Å²) in [6.07, 6.45) is 4.62. The van der Waals surface area contributed by atoms with Crippen molar-refractivity contribution in [2.45, 2.75) is 36.0 Å². The fraction of sp³-hybridized carbons (Fsp3) is 0.316. The van der Waals surface area contributed by atoms with E-state index >= 15 is 0 Å². The van der Waals surface area contributed by atoms with Gasteiger partial charge in [-0.15, -0.1) is 18.3 Å². The Kier molecular flexibility index (Phi) is 5.63. The number of nitrogens with zero attached hydrogens (tertiary/aromatic N) is 2. The summed E-state index contributed by atoms with van der Waals surface area (Å²) in [5, 5.41) is 13.2. The Morgan fingerprint density at radius 1 is 1.46 bits per heavy atom. The van der Waals surface area contributed by atoms with Gasteiger partial charge >= 0.3 is 0 Å². The largest absolute Gasteiger partial charge is 0.347 e. The minimum absolute atomic E-state index is 0.0720. The molecule has 0 radical (unpaired) electrons. The zero-order valence-electron chi connectivity index (χ0n) is 15.2. The fourth-order valence-corrected chi connectivity index (χ4v) is 5.04. The maximum atomic E-state index is 12.4. The topological polar surface area (TPSA) is 107 Å². The average molecular weight is 418 g/mol. The van der Waals surface area contributed by atoms with Crippen molar-refractivity contribution in [1.29, 1.82) is 5.26 Å². The zero-order chi connectivity index (χ0) is 20.5. The van der Waals surface area contributed by atoms with E-state index in [1.807, 2.05) is 6.08 Å². The third-order valence-electron chi connectivity index (χ3n) is 4.64. The Morgan fingerprint density at radius 2 is 2.21 bits per heavy atom. The molecule has 0 aliphatic carbocycles. The first-order valence-corrected chi connectivity index (χ1v) is 11.0. The second-order valence-electron chi connectivity index (χ2n) is 6.62. The van der Waals surface area contributed by atoms with Gasteiger partial charge in [0.25, 0.3) is 15.7 Å². The first-order chi connectivity index (χ1) is 13.2. The Labute approximate surface area is 168 Å². The van der Waals surface area contributed by atoms with Gasteiger partial charge < -0.3 is 10.2 Å². The summed E-state index contributed by atoms with van der Waals surface area (Å²) in [4.78, 5) is 26.9. The third kappa shape index (κ3) is 3.98. The molecule has 0 aromatic heterocycles. The number of carbonyl (C=O) groups is 2. The first kappa shape index (κ1) is 20.2. The number of carbonyl (C=O) groups excluding carboxylic acids is 2. The van der Waals surface area contributed by atoms with Crippen LogP contribution in [0.2, 0.25) is 0 Å². The highest BCUT2D eigenvalue weighted by Crippen LogP contribution is 2.33. The van der Waals surface area contributed by atoms with E-state index in [0.717, 1.165) is 6.42 Å². The SMILES string of the molecule is C=CC1CC=C(C(=O)N[C@@H]2CC(=O)N(c3ccc(S(=O)(=O)C#N)c(C)c3)C2)S1. The van der Waals surface area contributed by atoms with Gasteiger partial charge in [0.1, 0.15) is 0 Å². The lowest BCUT2D eigenvalue weighted by atomic mass is 10.2. The molecule has 0 saturated carbocycles. The molecule has 1 saturated heterocycles. The van der Waals surface area contributed by atoms with Crippen LogP contribution in [0.25, 0.3) is 0 Å². The summed E-state index contributed by atoms with van der Waals surface area (Å²) in [5.74, 6) is -0.349. The van der Waals surface area contributed by atoms with Crippen molar-refractivity contribution in [2.24, 2.45) is 0 Å². The molecule has 0 bridgehead atoms. The molecule has 146 valence electrons. The van der Waals surface area contributed by atoms with E-state index in [1.54, 1.807) is 19.1 Å². The molecule has 1 aromatic carbocycles. The van der Waals surface area contributed by atoms with Gasteiger partial charge in [0.05, 0.1) is 15.8 Å². The third-order valence-corrected chi connectivity index (χ3v) is 7.21. The predicted octanol–water partition coefficient (Wildman–Crippen LogP) is 2.05. The normalized spacial score (nSPS) is 21.9. The molecule has 0 spiro atoms. The minimum Gasteiger partial charge on any atom is -0.347 e. The Bertz CT molecular complexity index is 1020. The standard InChI is InChI=1S/C19H19N3O4S2/c1-3-15-5-6-16(27-15)19(24)21-13-9-18(23)22(10-13)14-4-7-17(12(2)8-14)28(25,26)11-20/h3-4,6-8,13,15H,1,5,9-10H2,2H3,(H,21,24)/t13-,15?/m1/s1. The van der Waals surface area contributed by atoms with Crippen LogP contribution in [0.3, 0.4) is 0 Å². The van der Waals surface area contributed by atoms with Gasteiger partial charge in [0.15, 0.2) is 5.40 Å². The number of allylic oxidation sites excluding steroid dienone is 1. The molecule has 1 N–H and O–H groups in total. The van der Waals surface area contributed by atoms with E-state index < -0.39 is 9.84 Å². The van der Waals surface area contributed by atoms with E-state index in [1.165, 1.54) is 34.2 Å². The molecule has 2 aliphatic rings. The van der Waals surface area contributed by atoms with Gasteiger partial charge in [-0.2, -0.15) is 5.26 Å². The Morgan fingerprint density at radius 3 is 2.82 bits per heavy atom. The molecule has 2 heterocycles. The molecule has 1 fully saturated rings. The van der Waals surface area contributed by atoms with Crippen LogP contribution in [0.1, 0.15) is 18.4 Å². The minimum atomic E-state index is -4.00. The Balaban J connectivity index is 1.70. The van der Waals surface area contributed by atoms with Gasteiger partial charge in [0, 0.05) is 23.9 Å². The fourth-order valence-electron chi connectivity index (χ4n) is 3.24. The van der Waals surface area contributed by atoms with Crippen molar-refractivity contribution >= 4 is 39.1 Å². The zero-order valence-corrected chi connectivity index (χ0v) is 16.8. The van der Waals surface area contributed by atoms with Crippen LogP contribution in [-0.2, 0) is 19.4 Å². The number of sulfone groups is 1. The molecule has 28 heavy (non-hydrogen) atoms. The second-order valence-corrected chi connectivity index (χ2v) is 9.53. The molecule has 2 amide bonds. The van der Waals surface area contributed by atoms with Crippen molar-refractivity contribution in [1.82, 2.24) is 5.32 Å². The lowest BCUT2D eigenvalue weighted by Crippen LogP contribution is -2.37. The smallest absolute Gasteiger partial charge is 0.270 e. The molecule has 2 atom stereocenters. The number of thioether (sulfide) groups is 1. The molecule has 9 heteroatoms. The molecular formula is C19H19N3O4S2. The van der Waals surface area contributed by atoms with Crippen molar-refractivity contribution < 1.29 is 18.0 Å². The quantitative estimate of drug-likeness (QED) is 0.446. The van der Waals surface area contributed by atoms with Crippen molar-refractivity contribution in [3.8, 4) is 5.40 Å². The van der Waals surface area contributed by atoms with Gasteiger partial charge in [-0.3, -0.25) is 9.59 Å². The lowest BCUT2D eigenvalue weighted by molar-refractivity contribution is -0.118. The summed E-state index contributed by atoms with van der Waals surface area (Å²) in [6.45, 7) is 5.61. The van der Waals surface area contributed by atoms with Crippen molar-refractivity contribution in [3.05, 3.63) is 47.4 Å². The summed E-state index contributed by atoms with van der Waals surface area (Å²) < 4.78 is 23.5. The Hall–Kier alpha value is -2.57. The van der Waals surface area contributed by atoms with Crippen LogP contribution in [0.5, 0.6) is 0 Å². The van der Waals surface area contributed by atoms with E-state index in [0.29, 0.717) is 22.7 Å². The molecule has 3 rings (SSSR count). The number of hydrogen-bond donors (Lipinski definition) is 1. The summed E-state index contributed by atoms with van der Waals surface area (Å²) in [7, 11) is -4.00. The van der Waals surface area contributed by atoms with Crippen LogP contribution < -0.4 is 10.2 Å². The summed E-state index contributed by atoms with van der Waals surface area (Å²) >= 11 is 1.46. The number of aryl methyl sites for hydroxylation is 1. The van der Waals surface area contributed by atoms with Crippen LogP contribution in [0.15, 0.2) is 46.7 Å². The van der Waals surface area contributed by atoms with Gasteiger partial charge in [-0.25, -0.2) is 8.42 Å². The van der Waals surface area contributed by atoms with Crippen LogP contribution in [0, 0.1) is 17.6 Å². The number of thiocyanates is 1. The van der Waals surface area contributed by atoms with Crippen LogP contribution >= 0.6 is 11.8 Å². The molecule has 2 aliphatic heterocycles. The second kappa shape index (κ2) is 7.81. The van der Waals surface area contributed by atoms with Gasteiger partial charge in [-0.05, 0) is 37.1 Å². The van der Waals surface area contributed by atoms with E-state index in [4.69, 9.17) is 5.26 Å². The number of benzene rings is 1. The highest BCUT2D eigenvalue weighted by Gasteiger charge is 2.33. The summed E-state index contributed by atoms with van der Waals surface area (Å²) in [6, 6.07) is 4.07. The van der Waals surface area contributed by atoms with Crippen LogP contribution in [-0.4, -0.2) is 38.1 Å². The first-order valence-electron chi connectivity index (χ1n) is 8.62. The summed E-state index contributed by atoms with van der Waals surface area (Å²) in [5.41, 5.74) is 0.930. The number of hydrogen-bond acceptors (Lipinski definition) is 6. The number of amides is 2. The molecule has 7 nitrogen and oxygen atoms in total. The monoisotopic (exact) mass is 417 g/mol. The molecule has 1 unspecified atom stereocenters. The maximum absolute atomic E-state index is 12.4. The molecular weight excluding hydrogens is 398 g/mol. The van der Waals surface area contributed by atoms with E-state index in [-0.39, 0.29) is 34.4 Å². The number of anilines is 1. The highest BCUT2D eigenvalue weighted by atomic mass is 32.2. The van der Waals surface area contributed by atoms with Gasteiger partial charge in [0.2, 0.25) is 5.91 Å². The van der Waals surface area contributed by atoms with E-state index in [9.17, 15) is 18.0 Å². The number of rotatable bonds is 5. The highest BCUT2D eigenvalue weighted by molar-refractivity contribution is 8.05. The van der Waals surface area contributed by atoms with Crippen LogP contribution in [0.4, 0.5) is 5.69 Å². The average Bonchev–Trinajstić information content (AvgIpc) is 3.28. The lowest BCUT2D eigenvalue weighted by Gasteiger charge is -2.18. The predicted molar refractivity (Wildman–Crippen MR) is 107 cm³/mol. The van der Waals surface area contributed by atoms with E-state index in [2.05, 4.69) is 11.9 Å². The maximum Gasteiger partial charge on any atom is 0.270 e. The van der Waals surface area contributed by atoms with Crippen molar-refractivity contribution in [3.63, 3.8) is 0 Å². The molecule has 1 aromatic rings. The van der Waals surface area contributed by atoms with Crippen molar-refractivity contribution in [2.75, 3.05) is 11.4 Å². The van der Waals surface area contributed by atoms with Gasteiger partial charge in [-0.1, -0.05) is 12.2 Å². The number of nitriles is 1. The number of nitrogens with one attached hydrogen (secondary N) is 1.